The lowest BCUT2D eigenvalue weighted by Gasteiger charge is -2.19. The Balaban J connectivity index is 1.59. The quantitative estimate of drug-likeness (QED) is 0.343. The summed E-state index contributed by atoms with van der Waals surface area (Å²) in [4.78, 5) is 30.0. The maximum absolute atomic E-state index is 13.3. The van der Waals surface area contributed by atoms with E-state index in [1.165, 1.54) is 6.33 Å². The van der Waals surface area contributed by atoms with Gasteiger partial charge < -0.3 is 4.74 Å². The first kappa shape index (κ1) is 22.8. The maximum Gasteiger partial charge on any atom is 0.411 e. The summed E-state index contributed by atoms with van der Waals surface area (Å²) >= 11 is 12.2. The van der Waals surface area contributed by atoms with Crippen molar-refractivity contribution in [1.82, 2.24) is 9.55 Å². The number of carbonyl (C=O) groups is 1. The van der Waals surface area contributed by atoms with Crippen LogP contribution < -0.4 is 10.9 Å². The van der Waals surface area contributed by atoms with Gasteiger partial charge in [0, 0.05) is 5.69 Å². The van der Waals surface area contributed by atoms with E-state index in [0.717, 1.165) is 11.1 Å². The summed E-state index contributed by atoms with van der Waals surface area (Å²) in [6.45, 7) is 2.13. The summed E-state index contributed by atoms with van der Waals surface area (Å²) in [7, 11) is 0. The summed E-state index contributed by atoms with van der Waals surface area (Å²) in [5, 5.41) is 3.94. The SMILES string of the molecule is CCC(c1ccc(Cl)c(Cl)c1)n1cnc2ccc(NC(=O)OCc3ccccc3)cc2c1=O. The molecule has 33 heavy (non-hydrogen) atoms. The third-order valence-electron chi connectivity index (χ3n) is 5.29. The first-order chi connectivity index (χ1) is 16.0. The number of fused-ring (bicyclic) bond motifs is 1. The number of halogens is 2. The number of nitrogens with one attached hydrogen (secondary N) is 1. The van der Waals surface area contributed by atoms with Crippen LogP contribution in [-0.4, -0.2) is 15.6 Å². The molecular weight excluding hydrogens is 461 g/mol. The minimum absolute atomic E-state index is 0.149. The second kappa shape index (κ2) is 10.1. The number of hydrogen-bond donors (Lipinski definition) is 1. The molecule has 1 amide bonds. The molecule has 1 aromatic heterocycles. The van der Waals surface area contributed by atoms with Crippen LogP contribution in [0.15, 0.2) is 77.9 Å². The number of hydrogen-bond acceptors (Lipinski definition) is 4. The van der Waals surface area contributed by atoms with Crippen molar-refractivity contribution in [2.24, 2.45) is 0 Å². The third-order valence-corrected chi connectivity index (χ3v) is 6.03. The molecule has 3 aromatic carbocycles. The standard InChI is InChI=1S/C25H21Cl2N3O3/c1-2-23(17-8-10-20(26)21(27)12-17)30-15-28-22-11-9-18(13-19(22)24(30)31)29-25(32)33-14-16-6-4-3-5-7-16/h3-13,15,23H,2,14H2,1H3,(H,29,32). The van der Waals surface area contributed by atoms with Gasteiger partial charge in [0.2, 0.25) is 0 Å². The van der Waals surface area contributed by atoms with Gasteiger partial charge >= 0.3 is 6.09 Å². The van der Waals surface area contributed by atoms with E-state index >= 15 is 0 Å². The zero-order chi connectivity index (χ0) is 23.4. The summed E-state index contributed by atoms with van der Waals surface area (Å²) in [6.07, 6.45) is 1.57. The number of ether oxygens (including phenoxy) is 1. The van der Waals surface area contributed by atoms with Crippen molar-refractivity contribution >= 4 is 45.9 Å². The maximum atomic E-state index is 13.3. The van der Waals surface area contributed by atoms with Gasteiger partial charge in [-0.3, -0.25) is 14.7 Å². The average molecular weight is 482 g/mol. The van der Waals surface area contributed by atoms with Crippen molar-refractivity contribution in [3.8, 4) is 0 Å². The average Bonchev–Trinajstić information content (AvgIpc) is 2.83. The number of aromatic nitrogens is 2. The lowest BCUT2D eigenvalue weighted by Crippen LogP contribution is -2.26. The smallest absolute Gasteiger partial charge is 0.411 e. The molecule has 0 radical (unpaired) electrons. The number of carbonyl (C=O) groups excluding carboxylic acids is 1. The summed E-state index contributed by atoms with van der Waals surface area (Å²) in [5.41, 5.74) is 2.49. The first-order valence-electron chi connectivity index (χ1n) is 10.4. The minimum atomic E-state index is -0.607. The highest BCUT2D eigenvalue weighted by Gasteiger charge is 2.17. The highest BCUT2D eigenvalue weighted by atomic mass is 35.5. The van der Waals surface area contributed by atoms with Gasteiger partial charge in [0.25, 0.3) is 5.56 Å². The molecule has 168 valence electrons. The molecule has 0 aliphatic carbocycles. The van der Waals surface area contributed by atoms with Gasteiger partial charge in [-0.05, 0) is 47.9 Å². The van der Waals surface area contributed by atoms with Gasteiger partial charge in [-0.2, -0.15) is 0 Å². The Labute approximate surface area is 200 Å². The fourth-order valence-corrected chi connectivity index (χ4v) is 3.93. The molecule has 0 saturated heterocycles. The first-order valence-corrected chi connectivity index (χ1v) is 11.2. The van der Waals surface area contributed by atoms with E-state index in [1.54, 1.807) is 34.9 Å². The molecule has 0 saturated carbocycles. The van der Waals surface area contributed by atoms with Crippen LogP contribution in [-0.2, 0) is 11.3 Å². The highest BCUT2D eigenvalue weighted by Crippen LogP contribution is 2.28. The molecule has 1 N–H and O–H groups in total. The van der Waals surface area contributed by atoms with Crippen LogP contribution in [0.5, 0.6) is 0 Å². The Hall–Kier alpha value is -3.35. The van der Waals surface area contributed by atoms with Crippen LogP contribution in [0.3, 0.4) is 0 Å². The molecule has 0 spiro atoms. The summed E-state index contributed by atoms with van der Waals surface area (Å²) < 4.78 is 6.83. The lowest BCUT2D eigenvalue weighted by molar-refractivity contribution is 0.155. The Kier molecular flexibility index (Phi) is 6.96. The molecule has 1 atom stereocenters. The van der Waals surface area contributed by atoms with Crippen LogP contribution >= 0.6 is 23.2 Å². The number of amides is 1. The van der Waals surface area contributed by atoms with Crippen molar-refractivity contribution in [2.75, 3.05) is 5.32 Å². The van der Waals surface area contributed by atoms with E-state index < -0.39 is 6.09 Å². The second-order valence-corrected chi connectivity index (χ2v) is 8.29. The fraction of sp³-hybridized carbons (Fsp3) is 0.160. The number of anilines is 1. The van der Waals surface area contributed by atoms with E-state index in [-0.39, 0.29) is 18.2 Å². The lowest BCUT2D eigenvalue weighted by atomic mass is 10.0. The molecule has 0 fully saturated rings. The zero-order valence-corrected chi connectivity index (χ0v) is 19.3. The molecule has 1 unspecified atom stereocenters. The molecule has 0 aliphatic rings. The van der Waals surface area contributed by atoms with E-state index in [1.807, 2.05) is 43.3 Å². The van der Waals surface area contributed by atoms with Crippen molar-refractivity contribution < 1.29 is 9.53 Å². The van der Waals surface area contributed by atoms with Crippen LogP contribution in [0.2, 0.25) is 10.0 Å². The molecule has 0 bridgehead atoms. The normalized spacial score (nSPS) is 11.8. The molecule has 8 heteroatoms. The second-order valence-electron chi connectivity index (χ2n) is 7.47. The Morgan fingerprint density at radius 3 is 2.58 bits per heavy atom. The Morgan fingerprint density at radius 2 is 1.85 bits per heavy atom. The van der Waals surface area contributed by atoms with Crippen LogP contribution in [0.1, 0.15) is 30.5 Å². The third kappa shape index (κ3) is 5.18. The van der Waals surface area contributed by atoms with E-state index in [2.05, 4.69) is 10.3 Å². The van der Waals surface area contributed by atoms with Crippen molar-refractivity contribution in [2.45, 2.75) is 26.0 Å². The van der Waals surface area contributed by atoms with Crippen molar-refractivity contribution in [3.63, 3.8) is 0 Å². The topological polar surface area (TPSA) is 73.2 Å². The molecule has 4 rings (SSSR count). The largest absolute Gasteiger partial charge is 0.444 e. The van der Waals surface area contributed by atoms with Gasteiger partial charge in [0.1, 0.15) is 6.61 Å². The molecule has 1 heterocycles. The summed E-state index contributed by atoms with van der Waals surface area (Å²) in [6, 6.07) is 19.4. The monoisotopic (exact) mass is 481 g/mol. The number of benzene rings is 3. The predicted molar refractivity (Wildman–Crippen MR) is 131 cm³/mol. The van der Waals surface area contributed by atoms with E-state index in [4.69, 9.17) is 27.9 Å². The van der Waals surface area contributed by atoms with E-state index in [0.29, 0.717) is 33.1 Å². The molecular formula is C25H21Cl2N3O3. The van der Waals surface area contributed by atoms with Crippen molar-refractivity contribution in [3.05, 3.63) is 105 Å². The van der Waals surface area contributed by atoms with Crippen LogP contribution in [0.4, 0.5) is 10.5 Å². The van der Waals surface area contributed by atoms with Gasteiger partial charge in [-0.15, -0.1) is 0 Å². The van der Waals surface area contributed by atoms with Gasteiger partial charge in [-0.25, -0.2) is 9.78 Å². The van der Waals surface area contributed by atoms with Crippen LogP contribution in [0, 0.1) is 0 Å². The Bertz CT molecular complexity index is 1360. The predicted octanol–water partition coefficient (Wildman–Crippen LogP) is 6.45. The minimum Gasteiger partial charge on any atom is -0.444 e. The van der Waals surface area contributed by atoms with Crippen LogP contribution in [0.25, 0.3) is 10.9 Å². The number of nitrogens with zero attached hydrogens (tertiary/aromatic N) is 2. The fourth-order valence-electron chi connectivity index (χ4n) is 3.63. The van der Waals surface area contributed by atoms with Gasteiger partial charge in [0.15, 0.2) is 0 Å². The summed E-state index contributed by atoms with van der Waals surface area (Å²) in [5.74, 6) is 0. The Morgan fingerprint density at radius 1 is 1.06 bits per heavy atom. The zero-order valence-electron chi connectivity index (χ0n) is 17.8. The van der Waals surface area contributed by atoms with Crippen molar-refractivity contribution in [1.29, 1.82) is 0 Å². The molecule has 4 aromatic rings. The van der Waals surface area contributed by atoms with Gasteiger partial charge in [0.05, 0.1) is 33.3 Å². The highest BCUT2D eigenvalue weighted by molar-refractivity contribution is 6.42. The molecule has 0 aliphatic heterocycles. The van der Waals surface area contributed by atoms with Gasteiger partial charge in [-0.1, -0.05) is 66.5 Å². The number of rotatable bonds is 6. The molecule has 6 nitrogen and oxygen atoms in total. The van der Waals surface area contributed by atoms with E-state index in [9.17, 15) is 9.59 Å².